The van der Waals surface area contributed by atoms with Crippen LogP contribution in [0, 0.1) is 0 Å². The van der Waals surface area contributed by atoms with Crippen LogP contribution in [0.25, 0.3) is 0 Å². The van der Waals surface area contributed by atoms with E-state index < -0.39 is 0 Å². The highest BCUT2D eigenvalue weighted by molar-refractivity contribution is 4.58. The highest BCUT2D eigenvalue weighted by Gasteiger charge is 2.06. The molecule has 2 heteroatoms. The van der Waals surface area contributed by atoms with E-state index in [1.54, 1.807) is 0 Å². The lowest BCUT2D eigenvalue weighted by Crippen LogP contribution is -2.15. The van der Waals surface area contributed by atoms with Crippen molar-refractivity contribution in [2.75, 3.05) is 13.2 Å². The van der Waals surface area contributed by atoms with Gasteiger partial charge in [0, 0.05) is 6.61 Å². The van der Waals surface area contributed by atoms with Gasteiger partial charge in [0.15, 0.2) is 0 Å². The first-order valence-electron chi connectivity index (χ1n) is 6.66. The molecular formula is C13H29NO. The van der Waals surface area contributed by atoms with Crippen LogP contribution in [0.15, 0.2) is 0 Å². The van der Waals surface area contributed by atoms with E-state index in [4.69, 9.17) is 10.5 Å². The third-order valence-corrected chi connectivity index (χ3v) is 2.69. The zero-order valence-electron chi connectivity index (χ0n) is 10.6. The zero-order chi connectivity index (χ0) is 11.4. The molecule has 0 saturated heterocycles. The molecule has 2 nitrogen and oxygen atoms in total. The lowest BCUT2D eigenvalue weighted by atomic mass is 10.1. The molecule has 0 rings (SSSR count). The maximum absolute atomic E-state index is 5.82. The minimum atomic E-state index is 0.485. The van der Waals surface area contributed by atoms with Crippen molar-refractivity contribution in [3.05, 3.63) is 0 Å². The summed E-state index contributed by atoms with van der Waals surface area (Å²) in [7, 11) is 0. The first-order chi connectivity index (χ1) is 7.35. The van der Waals surface area contributed by atoms with Crippen molar-refractivity contribution in [2.45, 2.75) is 71.3 Å². The molecule has 0 aromatic carbocycles. The summed E-state index contributed by atoms with van der Waals surface area (Å²) in [6, 6.07) is 0. The van der Waals surface area contributed by atoms with Gasteiger partial charge in [0.05, 0.1) is 6.10 Å². The summed E-state index contributed by atoms with van der Waals surface area (Å²) in [4.78, 5) is 0. The summed E-state index contributed by atoms with van der Waals surface area (Å²) in [6.07, 6.45) is 10.5. The molecule has 0 saturated carbocycles. The van der Waals surface area contributed by atoms with E-state index in [0.29, 0.717) is 6.10 Å². The average Bonchev–Trinajstić information content (AvgIpc) is 2.24. The molecule has 0 fully saturated rings. The Morgan fingerprint density at radius 2 is 1.73 bits per heavy atom. The molecule has 1 atom stereocenters. The van der Waals surface area contributed by atoms with Crippen molar-refractivity contribution < 1.29 is 4.74 Å². The molecule has 1 unspecified atom stereocenters. The molecule has 0 aromatic heterocycles. The Hall–Kier alpha value is -0.0800. The second-order valence-electron chi connectivity index (χ2n) is 4.27. The van der Waals surface area contributed by atoms with E-state index in [1.165, 1.54) is 44.9 Å². The van der Waals surface area contributed by atoms with Crippen LogP contribution in [0.2, 0.25) is 0 Å². The van der Waals surface area contributed by atoms with Gasteiger partial charge in [-0.25, -0.2) is 0 Å². The van der Waals surface area contributed by atoms with Gasteiger partial charge < -0.3 is 10.5 Å². The fourth-order valence-electron chi connectivity index (χ4n) is 1.77. The van der Waals surface area contributed by atoms with Crippen molar-refractivity contribution in [1.82, 2.24) is 0 Å². The molecule has 0 heterocycles. The third kappa shape index (κ3) is 10.2. The number of nitrogens with two attached hydrogens (primary N) is 1. The van der Waals surface area contributed by atoms with E-state index in [-0.39, 0.29) is 0 Å². The molecule has 0 radical (unpaired) electrons. The average molecular weight is 215 g/mol. The molecule has 0 amide bonds. The molecule has 0 aliphatic carbocycles. The first kappa shape index (κ1) is 14.9. The number of rotatable bonds is 11. The minimum Gasteiger partial charge on any atom is -0.378 e. The van der Waals surface area contributed by atoms with Crippen LogP contribution in [0.3, 0.4) is 0 Å². The maximum Gasteiger partial charge on any atom is 0.0575 e. The number of unbranched alkanes of at least 4 members (excludes halogenated alkanes) is 3. The van der Waals surface area contributed by atoms with Gasteiger partial charge in [-0.05, 0) is 25.8 Å². The van der Waals surface area contributed by atoms with Gasteiger partial charge in [-0.2, -0.15) is 0 Å². The van der Waals surface area contributed by atoms with Crippen molar-refractivity contribution >= 4 is 0 Å². The van der Waals surface area contributed by atoms with E-state index in [1.807, 2.05) is 0 Å². The van der Waals surface area contributed by atoms with Gasteiger partial charge in [-0.3, -0.25) is 0 Å². The van der Waals surface area contributed by atoms with Crippen molar-refractivity contribution in [3.63, 3.8) is 0 Å². The molecule has 92 valence electrons. The fraction of sp³-hybridized carbons (Fsp3) is 1.00. The van der Waals surface area contributed by atoms with Crippen LogP contribution >= 0.6 is 0 Å². The Morgan fingerprint density at radius 1 is 0.933 bits per heavy atom. The molecule has 0 aromatic rings. The van der Waals surface area contributed by atoms with Gasteiger partial charge in [0.1, 0.15) is 0 Å². The molecule has 0 aliphatic heterocycles. The van der Waals surface area contributed by atoms with Crippen LogP contribution in [-0.4, -0.2) is 19.3 Å². The Morgan fingerprint density at radius 3 is 2.33 bits per heavy atom. The largest absolute Gasteiger partial charge is 0.378 e. The van der Waals surface area contributed by atoms with Gasteiger partial charge in [0.25, 0.3) is 0 Å². The van der Waals surface area contributed by atoms with Crippen molar-refractivity contribution in [1.29, 1.82) is 0 Å². The highest BCUT2D eigenvalue weighted by Crippen LogP contribution is 2.13. The van der Waals surface area contributed by atoms with Crippen LogP contribution in [0.4, 0.5) is 0 Å². The Bertz CT molecular complexity index is 117. The summed E-state index contributed by atoms with van der Waals surface area (Å²) < 4.78 is 5.82. The maximum atomic E-state index is 5.82. The first-order valence-corrected chi connectivity index (χ1v) is 6.66. The summed E-state index contributed by atoms with van der Waals surface area (Å²) >= 11 is 0. The summed E-state index contributed by atoms with van der Waals surface area (Å²) in [5.41, 5.74) is 5.45. The fourth-order valence-corrected chi connectivity index (χ4v) is 1.77. The normalized spacial score (nSPS) is 13.0. The smallest absolute Gasteiger partial charge is 0.0575 e. The van der Waals surface area contributed by atoms with Crippen LogP contribution in [0.5, 0.6) is 0 Å². The monoisotopic (exact) mass is 215 g/mol. The Balaban J connectivity index is 3.44. The van der Waals surface area contributed by atoms with E-state index >= 15 is 0 Å². The van der Waals surface area contributed by atoms with Gasteiger partial charge in [-0.15, -0.1) is 0 Å². The minimum absolute atomic E-state index is 0.485. The summed E-state index contributed by atoms with van der Waals surface area (Å²) in [5, 5.41) is 0. The van der Waals surface area contributed by atoms with Crippen LogP contribution in [-0.2, 0) is 4.74 Å². The van der Waals surface area contributed by atoms with E-state index in [2.05, 4.69) is 13.8 Å². The highest BCUT2D eigenvalue weighted by atomic mass is 16.5. The van der Waals surface area contributed by atoms with Gasteiger partial charge in [-0.1, -0.05) is 46.0 Å². The third-order valence-electron chi connectivity index (χ3n) is 2.69. The van der Waals surface area contributed by atoms with Gasteiger partial charge >= 0.3 is 0 Å². The second kappa shape index (κ2) is 12.0. The zero-order valence-corrected chi connectivity index (χ0v) is 10.6. The van der Waals surface area contributed by atoms with Crippen LogP contribution in [0.1, 0.15) is 65.2 Å². The lowest BCUT2D eigenvalue weighted by Gasteiger charge is -2.16. The lowest BCUT2D eigenvalue weighted by molar-refractivity contribution is 0.0389. The molecule has 0 bridgehead atoms. The van der Waals surface area contributed by atoms with Crippen LogP contribution < -0.4 is 5.73 Å². The SMILES string of the molecule is CCCCCCC(CCC)OCCCN. The standard InChI is InChI=1S/C13H29NO/c1-3-5-6-7-10-13(9-4-2)15-12-8-11-14/h13H,3-12,14H2,1-2H3. The molecule has 0 spiro atoms. The summed E-state index contributed by atoms with van der Waals surface area (Å²) in [6.45, 7) is 6.07. The van der Waals surface area contributed by atoms with Crippen molar-refractivity contribution in [2.24, 2.45) is 5.73 Å². The Labute approximate surface area is 95.6 Å². The van der Waals surface area contributed by atoms with E-state index in [9.17, 15) is 0 Å². The quantitative estimate of drug-likeness (QED) is 0.535. The van der Waals surface area contributed by atoms with Crippen molar-refractivity contribution in [3.8, 4) is 0 Å². The second-order valence-corrected chi connectivity index (χ2v) is 4.27. The Kier molecular flexibility index (Phi) is 11.9. The predicted molar refractivity (Wildman–Crippen MR) is 67.1 cm³/mol. The number of hydrogen-bond donors (Lipinski definition) is 1. The number of hydrogen-bond acceptors (Lipinski definition) is 2. The molecule has 2 N–H and O–H groups in total. The predicted octanol–water partition coefficient (Wildman–Crippen LogP) is 3.49. The topological polar surface area (TPSA) is 35.2 Å². The summed E-state index contributed by atoms with van der Waals surface area (Å²) in [5.74, 6) is 0. The molecule has 0 aliphatic rings. The number of ether oxygens (including phenoxy) is 1. The molecule has 15 heavy (non-hydrogen) atoms. The molecular weight excluding hydrogens is 186 g/mol. The van der Waals surface area contributed by atoms with Gasteiger partial charge in [0.2, 0.25) is 0 Å². The van der Waals surface area contributed by atoms with E-state index in [0.717, 1.165) is 19.6 Å².